The number of piperidine rings is 1. The fraction of sp³-hybridized carbons (Fsp3) is 1.00. The van der Waals surface area contributed by atoms with Crippen molar-refractivity contribution in [1.82, 2.24) is 4.90 Å². The molecule has 1 heterocycles. The van der Waals surface area contributed by atoms with Gasteiger partial charge in [-0.2, -0.15) is 0 Å². The van der Waals surface area contributed by atoms with Crippen molar-refractivity contribution in [3.8, 4) is 0 Å². The molecule has 3 unspecified atom stereocenters. The van der Waals surface area contributed by atoms with Gasteiger partial charge in [0.05, 0.1) is 6.10 Å². The smallest absolute Gasteiger partial charge is 0.0695 e. The maximum atomic E-state index is 10.2. The second-order valence-corrected chi connectivity index (χ2v) is 7.73. The lowest BCUT2D eigenvalue weighted by Crippen LogP contribution is -2.51. The summed E-state index contributed by atoms with van der Waals surface area (Å²) in [6.45, 7) is 11.8. The molecular formula is C16H31NO. The third-order valence-corrected chi connectivity index (χ3v) is 5.27. The summed E-state index contributed by atoms with van der Waals surface area (Å²) >= 11 is 0. The quantitative estimate of drug-likeness (QED) is 0.775. The third kappa shape index (κ3) is 3.27. The molecule has 2 rings (SSSR count). The molecule has 18 heavy (non-hydrogen) atoms. The van der Waals surface area contributed by atoms with Gasteiger partial charge in [0, 0.05) is 6.04 Å². The van der Waals surface area contributed by atoms with Gasteiger partial charge in [-0.3, -0.25) is 4.90 Å². The number of nitrogens with zero attached hydrogens (tertiary/aromatic N) is 1. The summed E-state index contributed by atoms with van der Waals surface area (Å²) in [4.78, 5) is 2.57. The SMILES string of the molecule is CC1CCC(O)C(N2CCC(C(C)(C)C)CC2)C1. The van der Waals surface area contributed by atoms with Gasteiger partial charge in [0.25, 0.3) is 0 Å². The molecule has 3 atom stereocenters. The summed E-state index contributed by atoms with van der Waals surface area (Å²) < 4.78 is 0. The van der Waals surface area contributed by atoms with E-state index in [9.17, 15) is 5.11 Å². The maximum absolute atomic E-state index is 10.2. The van der Waals surface area contributed by atoms with E-state index in [1.54, 1.807) is 0 Å². The van der Waals surface area contributed by atoms with Crippen LogP contribution < -0.4 is 0 Å². The monoisotopic (exact) mass is 253 g/mol. The molecule has 0 amide bonds. The first-order valence-electron chi connectivity index (χ1n) is 7.80. The van der Waals surface area contributed by atoms with E-state index < -0.39 is 0 Å². The molecule has 1 aliphatic heterocycles. The number of hydrogen-bond donors (Lipinski definition) is 1. The fourth-order valence-corrected chi connectivity index (χ4v) is 3.82. The van der Waals surface area contributed by atoms with Crippen molar-refractivity contribution in [3.05, 3.63) is 0 Å². The summed E-state index contributed by atoms with van der Waals surface area (Å²) in [5.74, 6) is 1.64. The molecule has 0 aromatic carbocycles. The summed E-state index contributed by atoms with van der Waals surface area (Å²) in [6, 6.07) is 0.440. The first-order valence-corrected chi connectivity index (χ1v) is 7.80. The summed E-state index contributed by atoms with van der Waals surface area (Å²) in [6.07, 6.45) is 5.94. The Hall–Kier alpha value is -0.0800. The van der Waals surface area contributed by atoms with Crippen molar-refractivity contribution in [2.75, 3.05) is 13.1 Å². The minimum atomic E-state index is -0.0765. The van der Waals surface area contributed by atoms with E-state index in [1.165, 1.54) is 38.8 Å². The van der Waals surface area contributed by atoms with E-state index in [1.807, 2.05) is 0 Å². The van der Waals surface area contributed by atoms with Crippen molar-refractivity contribution >= 4 is 0 Å². The molecule has 0 spiro atoms. The molecule has 106 valence electrons. The van der Waals surface area contributed by atoms with E-state index >= 15 is 0 Å². The topological polar surface area (TPSA) is 23.5 Å². The average Bonchev–Trinajstić information content (AvgIpc) is 2.31. The van der Waals surface area contributed by atoms with E-state index in [0.29, 0.717) is 11.5 Å². The Morgan fingerprint density at radius 1 is 1.00 bits per heavy atom. The molecule has 0 radical (unpaired) electrons. The Bertz CT molecular complexity index is 263. The molecule has 1 aliphatic carbocycles. The van der Waals surface area contributed by atoms with E-state index in [0.717, 1.165) is 18.3 Å². The van der Waals surface area contributed by atoms with Crippen LogP contribution in [0, 0.1) is 17.3 Å². The number of hydrogen-bond acceptors (Lipinski definition) is 2. The minimum Gasteiger partial charge on any atom is -0.391 e. The highest BCUT2D eigenvalue weighted by atomic mass is 16.3. The van der Waals surface area contributed by atoms with Crippen molar-refractivity contribution in [2.45, 2.75) is 71.9 Å². The molecule has 0 bridgehead atoms. The van der Waals surface area contributed by atoms with Crippen molar-refractivity contribution in [1.29, 1.82) is 0 Å². The lowest BCUT2D eigenvalue weighted by atomic mass is 9.74. The van der Waals surface area contributed by atoms with Gasteiger partial charge in [-0.05, 0) is 62.4 Å². The molecule has 2 fully saturated rings. The second kappa shape index (κ2) is 5.50. The van der Waals surface area contributed by atoms with Crippen LogP contribution in [0.3, 0.4) is 0 Å². The van der Waals surface area contributed by atoms with Crippen LogP contribution in [0.5, 0.6) is 0 Å². The van der Waals surface area contributed by atoms with Crippen LogP contribution in [0.1, 0.15) is 59.8 Å². The largest absolute Gasteiger partial charge is 0.391 e. The van der Waals surface area contributed by atoms with Crippen LogP contribution >= 0.6 is 0 Å². The fourth-order valence-electron chi connectivity index (χ4n) is 3.82. The number of aliphatic hydroxyl groups is 1. The molecular weight excluding hydrogens is 222 g/mol. The number of rotatable bonds is 1. The van der Waals surface area contributed by atoms with Crippen LogP contribution in [0.2, 0.25) is 0 Å². The highest BCUT2D eigenvalue weighted by Gasteiger charge is 2.35. The zero-order chi connectivity index (χ0) is 13.3. The average molecular weight is 253 g/mol. The van der Waals surface area contributed by atoms with Gasteiger partial charge in [0.2, 0.25) is 0 Å². The highest BCUT2D eigenvalue weighted by molar-refractivity contribution is 4.89. The summed E-state index contributed by atoms with van der Waals surface area (Å²) in [7, 11) is 0. The van der Waals surface area contributed by atoms with E-state index in [2.05, 4.69) is 32.6 Å². The predicted molar refractivity (Wildman–Crippen MR) is 76.6 cm³/mol. The first-order chi connectivity index (χ1) is 8.38. The molecule has 2 heteroatoms. The van der Waals surface area contributed by atoms with Crippen LogP contribution in [-0.2, 0) is 0 Å². The highest BCUT2D eigenvalue weighted by Crippen LogP contribution is 2.36. The van der Waals surface area contributed by atoms with Crippen molar-refractivity contribution in [3.63, 3.8) is 0 Å². The van der Waals surface area contributed by atoms with Crippen molar-refractivity contribution < 1.29 is 5.11 Å². The van der Waals surface area contributed by atoms with Gasteiger partial charge in [0.1, 0.15) is 0 Å². The zero-order valence-electron chi connectivity index (χ0n) is 12.7. The van der Waals surface area contributed by atoms with Crippen LogP contribution in [0.4, 0.5) is 0 Å². The van der Waals surface area contributed by atoms with Gasteiger partial charge >= 0.3 is 0 Å². The Kier molecular flexibility index (Phi) is 4.38. The molecule has 2 aliphatic rings. The van der Waals surface area contributed by atoms with Gasteiger partial charge in [-0.1, -0.05) is 27.7 Å². The third-order valence-electron chi connectivity index (χ3n) is 5.27. The molecule has 0 aromatic rings. The minimum absolute atomic E-state index is 0.0765. The first kappa shape index (κ1) is 14.3. The lowest BCUT2D eigenvalue weighted by molar-refractivity contribution is -0.0173. The molecule has 2 nitrogen and oxygen atoms in total. The molecule has 1 N–H and O–H groups in total. The normalized spacial score (nSPS) is 36.8. The number of aliphatic hydroxyl groups excluding tert-OH is 1. The van der Waals surface area contributed by atoms with Crippen LogP contribution in [0.25, 0.3) is 0 Å². The van der Waals surface area contributed by atoms with Gasteiger partial charge in [-0.25, -0.2) is 0 Å². The second-order valence-electron chi connectivity index (χ2n) is 7.73. The molecule has 1 saturated heterocycles. The van der Waals surface area contributed by atoms with Gasteiger partial charge in [0.15, 0.2) is 0 Å². The molecule has 0 aromatic heterocycles. The predicted octanol–water partition coefficient (Wildman–Crippen LogP) is 3.29. The van der Waals surface area contributed by atoms with Gasteiger partial charge in [-0.15, -0.1) is 0 Å². The zero-order valence-corrected chi connectivity index (χ0v) is 12.7. The van der Waals surface area contributed by atoms with Gasteiger partial charge < -0.3 is 5.11 Å². The lowest BCUT2D eigenvalue weighted by Gasteiger charge is -2.45. The Morgan fingerprint density at radius 2 is 1.61 bits per heavy atom. The Balaban J connectivity index is 1.89. The van der Waals surface area contributed by atoms with E-state index in [-0.39, 0.29) is 6.10 Å². The molecule has 1 saturated carbocycles. The van der Waals surface area contributed by atoms with Crippen LogP contribution in [0.15, 0.2) is 0 Å². The van der Waals surface area contributed by atoms with E-state index in [4.69, 9.17) is 0 Å². The number of likely N-dealkylation sites (tertiary alicyclic amines) is 1. The van der Waals surface area contributed by atoms with Crippen LogP contribution in [-0.4, -0.2) is 35.2 Å². The summed E-state index contributed by atoms with van der Waals surface area (Å²) in [5.41, 5.74) is 0.449. The Labute approximate surface area is 113 Å². The Morgan fingerprint density at radius 3 is 2.17 bits per heavy atom. The standard InChI is InChI=1S/C16H31NO/c1-12-5-6-15(18)14(11-12)17-9-7-13(8-10-17)16(2,3)4/h12-15,18H,5-11H2,1-4H3. The summed E-state index contributed by atoms with van der Waals surface area (Å²) in [5, 5.41) is 10.2. The maximum Gasteiger partial charge on any atom is 0.0695 e. The van der Waals surface area contributed by atoms with Crippen molar-refractivity contribution in [2.24, 2.45) is 17.3 Å².